The van der Waals surface area contributed by atoms with E-state index in [9.17, 15) is 9.59 Å². The summed E-state index contributed by atoms with van der Waals surface area (Å²) in [6, 6.07) is 22.8. The van der Waals surface area contributed by atoms with Crippen molar-refractivity contribution in [3.8, 4) is 0 Å². The molecule has 3 heterocycles. The third kappa shape index (κ3) is 2.69. The van der Waals surface area contributed by atoms with E-state index in [1.807, 2.05) is 84.2 Å². The fraction of sp³-hybridized carbons (Fsp3) is 0.0714. The highest BCUT2D eigenvalue weighted by Gasteiger charge is 2.42. The molecule has 2 amide bonds. The predicted octanol–water partition coefficient (Wildman–Crippen LogP) is 4.74. The van der Waals surface area contributed by atoms with Crippen molar-refractivity contribution in [2.45, 2.75) is 0 Å². The third-order valence-corrected chi connectivity index (χ3v) is 6.59. The number of hydrogen-bond donors (Lipinski definition) is 1. The van der Waals surface area contributed by atoms with E-state index in [1.165, 1.54) is 4.90 Å². The van der Waals surface area contributed by atoms with Crippen molar-refractivity contribution < 1.29 is 9.59 Å². The zero-order valence-electron chi connectivity index (χ0n) is 18.8. The maximum Gasteiger partial charge on any atom is 0.266 e. The number of amides is 2. The van der Waals surface area contributed by atoms with Crippen molar-refractivity contribution in [3.05, 3.63) is 96.3 Å². The number of nitrogen functional groups attached to an aromatic ring is 1. The lowest BCUT2D eigenvalue weighted by Gasteiger charge is -2.17. The van der Waals surface area contributed by atoms with E-state index in [-0.39, 0.29) is 11.8 Å². The monoisotopic (exact) mass is 446 g/mol. The summed E-state index contributed by atoms with van der Waals surface area (Å²) >= 11 is 0. The zero-order chi connectivity index (χ0) is 23.6. The van der Waals surface area contributed by atoms with Crippen LogP contribution in [0.3, 0.4) is 0 Å². The lowest BCUT2D eigenvalue weighted by atomic mass is 9.95. The number of fused-ring (bicyclic) bond motifs is 2. The van der Waals surface area contributed by atoms with Gasteiger partial charge in [0.25, 0.3) is 11.8 Å². The minimum absolute atomic E-state index is 0.373. The topological polar surface area (TPSA) is 73.3 Å². The summed E-state index contributed by atoms with van der Waals surface area (Å²) in [4.78, 5) is 29.3. The second-order valence-corrected chi connectivity index (χ2v) is 8.60. The Balaban J connectivity index is 1.70. The first kappa shape index (κ1) is 20.1. The largest absolute Gasteiger partial charge is 0.397 e. The van der Waals surface area contributed by atoms with Crippen molar-refractivity contribution >= 4 is 56.1 Å². The predicted molar refractivity (Wildman–Crippen MR) is 136 cm³/mol. The van der Waals surface area contributed by atoms with Gasteiger partial charge in [-0.25, -0.2) is 4.90 Å². The van der Waals surface area contributed by atoms with Crippen LogP contribution in [0.5, 0.6) is 0 Å². The van der Waals surface area contributed by atoms with Gasteiger partial charge in [0.2, 0.25) is 0 Å². The molecule has 6 heteroatoms. The number of nitrogens with two attached hydrogens (primary N) is 1. The molecule has 6 nitrogen and oxygen atoms in total. The number of hydrogen-bond acceptors (Lipinski definition) is 3. The lowest BCUT2D eigenvalue weighted by molar-refractivity contribution is -0.119. The SMILES string of the molecule is Cn1cc(C2=C(c3cn(C)c4ccccc34)C(=O)N(c3ccccc3N)C2=O)c2ccccc21. The Kier molecular flexibility index (Phi) is 4.26. The maximum absolute atomic E-state index is 14.0. The number of aromatic nitrogens is 2. The Morgan fingerprint density at radius 3 is 1.56 bits per heavy atom. The van der Waals surface area contributed by atoms with Crippen molar-refractivity contribution in [1.82, 2.24) is 9.13 Å². The van der Waals surface area contributed by atoms with Crippen LogP contribution in [-0.2, 0) is 23.7 Å². The van der Waals surface area contributed by atoms with Gasteiger partial charge >= 0.3 is 0 Å². The van der Waals surface area contributed by atoms with Gasteiger partial charge < -0.3 is 14.9 Å². The number of carbonyl (C=O) groups excluding carboxylic acids is 2. The Bertz CT molecular complexity index is 1580. The van der Waals surface area contributed by atoms with E-state index < -0.39 is 0 Å². The van der Waals surface area contributed by atoms with Crippen LogP contribution in [-0.4, -0.2) is 20.9 Å². The highest BCUT2D eigenvalue weighted by atomic mass is 16.2. The van der Waals surface area contributed by atoms with Gasteiger partial charge in [-0.2, -0.15) is 0 Å². The number of benzene rings is 3. The number of para-hydroxylation sites is 4. The Morgan fingerprint density at radius 2 is 1.06 bits per heavy atom. The minimum atomic E-state index is -0.373. The second kappa shape index (κ2) is 7.22. The van der Waals surface area contributed by atoms with E-state index >= 15 is 0 Å². The number of rotatable bonds is 3. The molecular formula is C28H22N4O2. The van der Waals surface area contributed by atoms with Crippen LogP contribution in [0.15, 0.2) is 85.2 Å². The van der Waals surface area contributed by atoms with Crippen LogP contribution < -0.4 is 10.6 Å². The molecule has 0 spiro atoms. The van der Waals surface area contributed by atoms with Gasteiger partial charge in [0.1, 0.15) is 0 Å². The molecule has 0 atom stereocenters. The molecule has 0 unspecified atom stereocenters. The summed E-state index contributed by atoms with van der Waals surface area (Å²) < 4.78 is 3.96. The van der Waals surface area contributed by atoms with Gasteiger partial charge in [0.05, 0.1) is 22.5 Å². The fourth-order valence-electron chi connectivity index (χ4n) is 5.02. The van der Waals surface area contributed by atoms with Crippen LogP contribution in [0.1, 0.15) is 11.1 Å². The smallest absolute Gasteiger partial charge is 0.266 e. The molecular weight excluding hydrogens is 424 g/mol. The molecule has 6 rings (SSSR count). The normalized spacial score (nSPS) is 14.2. The molecule has 166 valence electrons. The van der Waals surface area contributed by atoms with Crippen molar-refractivity contribution in [2.75, 3.05) is 10.6 Å². The van der Waals surface area contributed by atoms with E-state index in [4.69, 9.17) is 5.73 Å². The minimum Gasteiger partial charge on any atom is -0.397 e. The molecule has 3 aromatic carbocycles. The number of carbonyl (C=O) groups is 2. The number of nitrogens with zero attached hydrogens (tertiary/aromatic N) is 3. The molecule has 34 heavy (non-hydrogen) atoms. The molecule has 0 aliphatic carbocycles. The van der Waals surface area contributed by atoms with Gasteiger partial charge in [-0.15, -0.1) is 0 Å². The quantitative estimate of drug-likeness (QED) is 0.321. The highest BCUT2D eigenvalue weighted by Crippen LogP contribution is 2.43. The maximum atomic E-state index is 14.0. The van der Waals surface area contributed by atoms with Gasteiger partial charge in [-0.3, -0.25) is 9.59 Å². The Morgan fingerprint density at radius 1 is 0.618 bits per heavy atom. The summed E-state index contributed by atoms with van der Waals surface area (Å²) in [6.07, 6.45) is 3.85. The van der Waals surface area contributed by atoms with Crippen molar-refractivity contribution in [3.63, 3.8) is 0 Å². The molecule has 5 aromatic rings. The van der Waals surface area contributed by atoms with E-state index in [2.05, 4.69) is 0 Å². The summed E-state index contributed by atoms with van der Waals surface area (Å²) in [5.41, 5.74) is 11.2. The van der Waals surface area contributed by atoms with E-state index in [1.54, 1.807) is 24.3 Å². The van der Waals surface area contributed by atoms with Crippen LogP contribution in [0.2, 0.25) is 0 Å². The molecule has 0 fully saturated rings. The highest BCUT2D eigenvalue weighted by molar-refractivity contribution is 6.58. The molecule has 0 radical (unpaired) electrons. The Labute approximate surface area is 196 Å². The third-order valence-electron chi connectivity index (χ3n) is 6.59. The summed E-state index contributed by atoms with van der Waals surface area (Å²) in [5, 5.41) is 1.84. The molecule has 0 saturated heterocycles. The van der Waals surface area contributed by atoms with Gasteiger partial charge in [0, 0.05) is 59.4 Å². The first-order chi connectivity index (χ1) is 16.5. The molecule has 2 aromatic heterocycles. The van der Waals surface area contributed by atoms with Gasteiger partial charge in [0.15, 0.2) is 0 Å². The molecule has 0 saturated carbocycles. The van der Waals surface area contributed by atoms with Crippen LogP contribution in [0.4, 0.5) is 11.4 Å². The molecule has 1 aliphatic heterocycles. The molecule has 1 aliphatic rings. The van der Waals surface area contributed by atoms with Gasteiger partial charge in [-0.05, 0) is 24.3 Å². The molecule has 2 N–H and O–H groups in total. The first-order valence-electron chi connectivity index (χ1n) is 11.0. The summed E-state index contributed by atoms with van der Waals surface area (Å²) in [7, 11) is 3.89. The first-order valence-corrected chi connectivity index (χ1v) is 11.0. The zero-order valence-corrected chi connectivity index (χ0v) is 18.8. The van der Waals surface area contributed by atoms with Crippen LogP contribution in [0, 0.1) is 0 Å². The fourth-order valence-corrected chi connectivity index (χ4v) is 5.02. The van der Waals surface area contributed by atoms with E-state index in [0.717, 1.165) is 32.9 Å². The van der Waals surface area contributed by atoms with Gasteiger partial charge in [-0.1, -0.05) is 48.5 Å². The average molecular weight is 447 g/mol. The lowest BCUT2D eigenvalue weighted by Crippen LogP contribution is -2.32. The van der Waals surface area contributed by atoms with E-state index in [0.29, 0.717) is 22.5 Å². The number of aryl methyl sites for hydroxylation is 2. The number of imide groups is 1. The van der Waals surface area contributed by atoms with Crippen molar-refractivity contribution in [2.24, 2.45) is 14.1 Å². The summed E-state index contributed by atoms with van der Waals surface area (Å²) in [5.74, 6) is -0.746. The molecule has 0 bridgehead atoms. The van der Waals surface area contributed by atoms with Crippen LogP contribution in [0.25, 0.3) is 33.0 Å². The standard InChI is InChI=1S/C28H22N4O2/c1-30-15-19(17-9-3-6-12-22(17)30)25-26(20-16-31(2)23-13-7-4-10-18(20)23)28(34)32(27(25)33)24-14-8-5-11-21(24)29/h3-16H,29H2,1-2H3. The number of anilines is 2. The second-order valence-electron chi connectivity index (χ2n) is 8.60. The van der Waals surface area contributed by atoms with Crippen LogP contribution >= 0.6 is 0 Å². The van der Waals surface area contributed by atoms with Crippen molar-refractivity contribution in [1.29, 1.82) is 0 Å². The summed E-state index contributed by atoms with van der Waals surface area (Å²) in [6.45, 7) is 0. The average Bonchev–Trinajstić information content (AvgIpc) is 3.44. The Hall–Kier alpha value is -4.58.